The van der Waals surface area contributed by atoms with E-state index in [4.69, 9.17) is 9.47 Å². The summed E-state index contributed by atoms with van der Waals surface area (Å²) in [5.41, 5.74) is 2.07. The van der Waals surface area contributed by atoms with Crippen LogP contribution >= 0.6 is 0 Å². The molecule has 2 aromatic carbocycles. The Morgan fingerprint density at radius 2 is 1.91 bits per heavy atom. The molecule has 23 heavy (non-hydrogen) atoms. The smallest absolute Gasteiger partial charge is 0.256 e. The van der Waals surface area contributed by atoms with Gasteiger partial charge in [-0.25, -0.2) is 0 Å². The molecule has 1 unspecified atom stereocenters. The van der Waals surface area contributed by atoms with Crippen molar-refractivity contribution in [1.82, 2.24) is 5.32 Å². The lowest BCUT2D eigenvalue weighted by Crippen LogP contribution is -2.28. The minimum Gasteiger partial charge on any atom is -0.497 e. The van der Waals surface area contributed by atoms with Gasteiger partial charge in [-0.05, 0) is 30.2 Å². The zero-order valence-electron chi connectivity index (χ0n) is 13.3. The Morgan fingerprint density at radius 1 is 1.17 bits per heavy atom. The van der Waals surface area contributed by atoms with Gasteiger partial charge in [-0.1, -0.05) is 24.3 Å². The molecule has 0 saturated heterocycles. The highest BCUT2D eigenvalue weighted by molar-refractivity contribution is 5.97. The van der Waals surface area contributed by atoms with Gasteiger partial charge in [-0.3, -0.25) is 4.79 Å². The fraction of sp³-hybridized carbons (Fsp3) is 0.222. The number of ether oxygens (including phenoxy) is 2. The standard InChI is InChI=1S/C18H18N2O3/c1-12-6-4-5-7-14(12)16(11-19)20-18(21)15-9-8-13(22-2)10-17(15)23-3/h4-10,16H,1-3H3,(H,20,21). The molecule has 0 bridgehead atoms. The molecule has 0 saturated carbocycles. The number of nitrogens with zero attached hydrogens (tertiary/aromatic N) is 1. The molecule has 118 valence electrons. The van der Waals surface area contributed by atoms with Crippen LogP contribution in [0.2, 0.25) is 0 Å². The Morgan fingerprint density at radius 3 is 2.52 bits per heavy atom. The van der Waals surface area contributed by atoms with E-state index in [1.54, 1.807) is 25.3 Å². The van der Waals surface area contributed by atoms with E-state index in [1.165, 1.54) is 7.11 Å². The summed E-state index contributed by atoms with van der Waals surface area (Å²) in [5.74, 6) is 0.608. The van der Waals surface area contributed by atoms with Gasteiger partial charge in [0.15, 0.2) is 0 Å². The van der Waals surface area contributed by atoms with E-state index >= 15 is 0 Å². The maximum Gasteiger partial charge on any atom is 0.256 e. The third-order valence-electron chi connectivity index (χ3n) is 3.56. The minimum absolute atomic E-state index is 0.349. The minimum atomic E-state index is -0.726. The number of carbonyl (C=O) groups excluding carboxylic acids is 1. The zero-order valence-corrected chi connectivity index (χ0v) is 13.3. The van der Waals surface area contributed by atoms with E-state index in [0.717, 1.165) is 11.1 Å². The number of carbonyl (C=O) groups is 1. The van der Waals surface area contributed by atoms with E-state index in [-0.39, 0.29) is 5.91 Å². The van der Waals surface area contributed by atoms with Crippen LogP contribution in [0.5, 0.6) is 11.5 Å². The predicted octanol–water partition coefficient (Wildman–Crippen LogP) is 3.01. The summed E-state index contributed by atoms with van der Waals surface area (Å²) in [4.78, 5) is 12.5. The molecule has 0 aromatic heterocycles. The lowest BCUT2D eigenvalue weighted by molar-refractivity contribution is 0.0942. The molecule has 0 fully saturated rings. The number of hydrogen-bond acceptors (Lipinski definition) is 4. The van der Waals surface area contributed by atoms with Crippen molar-refractivity contribution in [2.24, 2.45) is 0 Å². The molecular weight excluding hydrogens is 292 g/mol. The van der Waals surface area contributed by atoms with Gasteiger partial charge in [0.2, 0.25) is 0 Å². The first-order chi connectivity index (χ1) is 11.1. The summed E-state index contributed by atoms with van der Waals surface area (Å²) in [7, 11) is 3.02. The third-order valence-corrected chi connectivity index (χ3v) is 3.56. The van der Waals surface area contributed by atoms with Gasteiger partial charge in [-0.2, -0.15) is 5.26 Å². The molecule has 2 aromatic rings. The number of amides is 1. The van der Waals surface area contributed by atoms with Gasteiger partial charge in [0, 0.05) is 6.07 Å². The monoisotopic (exact) mass is 310 g/mol. The van der Waals surface area contributed by atoms with Gasteiger partial charge >= 0.3 is 0 Å². The Kier molecular flexibility index (Phi) is 5.21. The second kappa shape index (κ2) is 7.32. The maximum absolute atomic E-state index is 12.5. The number of benzene rings is 2. The van der Waals surface area contributed by atoms with E-state index in [0.29, 0.717) is 17.1 Å². The molecule has 5 nitrogen and oxygen atoms in total. The van der Waals surface area contributed by atoms with Crippen LogP contribution in [0.1, 0.15) is 27.5 Å². The number of aryl methyl sites for hydroxylation is 1. The van der Waals surface area contributed by atoms with Crippen molar-refractivity contribution >= 4 is 5.91 Å². The van der Waals surface area contributed by atoms with Crippen LogP contribution in [-0.4, -0.2) is 20.1 Å². The van der Waals surface area contributed by atoms with Crippen molar-refractivity contribution < 1.29 is 14.3 Å². The van der Waals surface area contributed by atoms with Gasteiger partial charge in [-0.15, -0.1) is 0 Å². The van der Waals surface area contributed by atoms with Gasteiger partial charge in [0.1, 0.15) is 17.5 Å². The molecule has 0 heterocycles. The zero-order chi connectivity index (χ0) is 16.8. The van der Waals surface area contributed by atoms with Gasteiger partial charge in [0.25, 0.3) is 5.91 Å². The first-order valence-corrected chi connectivity index (χ1v) is 7.08. The summed E-state index contributed by atoms with van der Waals surface area (Å²) in [6.45, 7) is 1.90. The van der Waals surface area contributed by atoms with Crippen LogP contribution in [0.4, 0.5) is 0 Å². The number of nitriles is 1. The molecule has 1 amide bonds. The van der Waals surface area contributed by atoms with Crippen molar-refractivity contribution in [1.29, 1.82) is 5.26 Å². The maximum atomic E-state index is 12.5. The summed E-state index contributed by atoms with van der Waals surface area (Å²) in [6.07, 6.45) is 0. The molecule has 2 rings (SSSR count). The van der Waals surface area contributed by atoms with Crippen LogP contribution in [-0.2, 0) is 0 Å². The number of methoxy groups -OCH3 is 2. The average molecular weight is 310 g/mol. The molecule has 0 aliphatic carbocycles. The third kappa shape index (κ3) is 3.61. The first-order valence-electron chi connectivity index (χ1n) is 7.08. The van der Waals surface area contributed by atoms with Gasteiger partial charge in [0.05, 0.1) is 25.9 Å². The van der Waals surface area contributed by atoms with Crippen molar-refractivity contribution in [3.05, 3.63) is 59.2 Å². The lowest BCUT2D eigenvalue weighted by Gasteiger charge is -2.16. The van der Waals surface area contributed by atoms with Crippen LogP contribution < -0.4 is 14.8 Å². The number of nitrogens with one attached hydrogen (secondary N) is 1. The second-order valence-electron chi connectivity index (χ2n) is 4.96. The first kappa shape index (κ1) is 16.4. The number of rotatable bonds is 5. The molecule has 0 aliphatic rings. The predicted molar refractivity (Wildman–Crippen MR) is 86.5 cm³/mol. The number of hydrogen-bond donors (Lipinski definition) is 1. The molecular formula is C18H18N2O3. The fourth-order valence-electron chi connectivity index (χ4n) is 2.29. The highest BCUT2D eigenvalue weighted by atomic mass is 16.5. The van der Waals surface area contributed by atoms with Crippen LogP contribution in [0.25, 0.3) is 0 Å². The largest absolute Gasteiger partial charge is 0.497 e. The fourth-order valence-corrected chi connectivity index (χ4v) is 2.29. The van der Waals surface area contributed by atoms with Gasteiger partial charge < -0.3 is 14.8 Å². The van der Waals surface area contributed by atoms with Crippen molar-refractivity contribution in [3.63, 3.8) is 0 Å². The SMILES string of the molecule is COc1ccc(C(=O)NC(C#N)c2ccccc2C)c(OC)c1. The highest BCUT2D eigenvalue weighted by Crippen LogP contribution is 2.25. The summed E-state index contributed by atoms with van der Waals surface area (Å²) in [5, 5.41) is 12.1. The van der Waals surface area contributed by atoms with Crippen LogP contribution in [0.15, 0.2) is 42.5 Å². The molecule has 1 N–H and O–H groups in total. The quantitative estimate of drug-likeness (QED) is 0.921. The molecule has 0 aliphatic heterocycles. The molecule has 0 spiro atoms. The topological polar surface area (TPSA) is 71.3 Å². The molecule has 0 radical (unpaired) electrons. The summed E-state index contributed by atoms with van der Waals surface area (Å²) in [6, 6.07) is 13.8. The summed E-state index contributed by atoms with van der Waals surface area (Å²) >= 11 is 0. The van der Waals surface area contributed by atoms with E-state index in [9.17, 15) is 10.1 Å². The Balaban J connectivity index is 2.27. The van der Waals surface area contributed by atoms with E-state index in [2.05, 4.69) is 11.4 Å². The van der Waals surface area contributed by atoms with Crippen molar-refractivity contribution in [3.8, 4) is 17.6 Å². The molecule has 1 atom stereocenters. The van der Waals surface area contributed by atoms with E-state index in [1.807, 2.05) is 31.2 Å². The van der Waals surface area contributed by atoms with E-state index < -0.39 is 6.04 Å². The van der Waals surface area contributed by atoms with Crippen LogP contribution in [0.3, 0.4) is 0 Å². The van der Waals surface area contributed by atoms with Crippen molar-refractivity contribution in [2.75, 3.05) is 14.2 Å². The summed E-state index contributed by atoms with van der Waals surface area (Å²) < 4.78 is 10.3. The van der Waals surface area contributed by atoms with Crippen LogP contribution in [0, 0.1) is 18.3 Å². The Labute approximate surface area is 135 Å². The normalized spacial score (nSPS) is 11.2. The second-order valence-corrected chi connectivity index (χ2v) is 4.96. The average Bonchev–Trinajstić information content (AvgIpc) is 2.59. The Hall–Kier alpha value is -3.00. The molecule has 5 heteroatoms. The highest BCUT2D eigenvalue weighted by Gasteiger charge is 2.19. The van der Waals surface area contributed by atoms with Crippen molar-refractivity contribution in [2.45, 2.75) is 13.0 Å². The lowest BCUT2D eigenvalue weighted by atomic mass is 10.0. The Bertz CT molecular complexity index is 750.